The monoisotopic (exact) mass is 242 g/mol. The normalized spacial score (nSPS) is 13.1. The summed E-state index contributed by atoms with van der Waals surface area (Å²) in [5.74, 6) is 0.179. The van der Waals surface area contributed by atoms with Crippen molar-refractivity contribution in [3.8, 4) is 10.4 Å². The summed E-state index contributed by atoms with van der Waals surface area (Å²) in [5.41, 5.74) is 5.39. The van der Waals surface area contributed by atoms with Gasteiger partial charge in [-0.15, -0.1) is 11.3 Å². The van der Waals surface area contributed by atoms with Gasteiger partial charge in [0.1, 0.15) is 0 Å². The first-order valence-corrected chi connectivity index (χ1v) is 6.70. The van der Waals surface area contributed by atoms with Crippen LogP contribution in [0.15, 0.2) is 24.3 Å². The molecule has 1 nitrogen and oxygen atoms in total. The Hall–Kier alpha value is -1.41. The summed E-state index contributed by atoms with van der Waals surface area (Å²) in [5, 5.41) is 0. The molecule has 0 N–H and O–H groups in total. The maximum Gasteiger partial charge on any atom is 0.169 e. The first kappa shape index (κ1) is 10.7. The van der Waals surface area contributed by atoms with E-state index in [4.69, 9.17) is 0 Å². The molecule has 0 saturated carbocycles. The van der Waals surface area contributed by atoms with Crippen LogP contribution in [0.25, 0.3) is 10.4 Å². The van der Waals surface area contributed by atoms with Crippen LogP contribution >= 0.6 is 11.3 Å². The molecule has 0 amide bonds. The van der Waals surface area contributed by atoms with Crippen molar-refractivity contribution in [2.75, 3.05) is 0 Å². The molecule has 0 spiro atoms. The number of carbonyl (C=O) groups excluding carboxylic acids is 1. The number of rotatable bonds is 1. The fourth-order valence-corrected chi connectivity index (χ4v) is 3.56. The summed E-state index contributed by atoms with van der Waals surface area (Å²) in [4.78, 5) is 13.7. The number of ketones is 1. The fourth-order valence-electron chi connectivity index (χ4n) is 2.40. The van der Waals surface area contributed by atoms with Crippen LogP contribution < -0.4 is 0 Å². The maximum atomic E-state index is 11.5. The second-order valence-electron chi connectivity index (χ2n) is 4.68. The average molecular weight is 242 g/mol. The van der Waals surface area contributed by atoms with Crippen LogP contribution in [0.2, 0.25) is 0 Å². The third kappa shape index (κ3) is 1.73. The van der Waals surface area contributed by atoms with Crippen molar-refractivity contribution in [3.05, 3.63) is 45.8 Å². The molecule has 17 heavy (non-hydrogen) atoms. The molecule has 1 aliphatic carbocycles. The number of hydrogen-bond acceptors (Lipinski definition) is 2. The van der Waals surface area contributed by atoms with Crippen molar-refractivity contribution in [2.45, 2.75) is 26.7 Å². The molecule has 0 atom stereocenters. The predicted molar refractivity (Wildman–Crippen MR) is 71.9 cm³/mol. The van der Waals surface area contributed by atoms with Crippen molar-refractivity contribution in [3.63, 3.8) is 0 Å². The zero-order chi connectivity index (χ0) is 12.0. The number of aryl methyl sites for hydroxylation is 3. The third-order valence-electron chi connectivity index (χ3n) is 3.33. The SMILES string of the molecule is CC(=O)c1cc2c(s1)-c1cc(C)ccc1CC2. The molecule has 0 saturated heterocycles. The summed E-state index contributed by atoms with van der Waals surface area (Å²) in [6.07, 6.45) is 2.16. The smallest absolute Gasteiger partial charge is 0.169 e. The minimum atomic E-state index is 0.179. The zero-order valence-corrected chi connectivity index (χ0v) is 10.9. The largest absolute Gasteiger partial charge is 0.294 e. The summed E-state index contributed by atoms with van der Waals surface area (Å²) < 4.78 is 0. The number of benzene rings is 1. The zero-order valence-electron chi connectivity index (χ0n) is 10.0. The second-order valence-corrected chi connectivity index (χ2v) is 5.73. The number of thiophene rings is 1. The predicted octanol–water partition coefficient (Wildman–Crippen LogP) is 4.02. The second kappa shape index (κ2) is 3.81. The molecule has 86 valence electrons. The minimum absolute atomic E-state index is 0.179. The van der Waals surface area contributed by atoms with Gasteiger partial charge in [0.05, 0.1) is 4.88 Å². The molecule has 0 bridgehead atoms. The van der Waals surface area contributed by atoms with E-state index in [-0.39, 0.29) is 5.78 Å². The van der Waals surface area contributed by atoms with E-state index in [1.807, 2.05) is 0 Å². The Morgan fingerprint density at radius 3 is 2.71 bits per heavy atom. The molecular weight excluding hydrogens is 228 g/mol. The topological polar surface area (TPSA) is 17.1 Å². The summed E-state index contributed by atoms with van der Waals surface area (Å²) in [6.45, 7) is 3.77. The van der Waals surface area contributed by atoms with Crippen LogP contribution in [-0.2, 0) is 12.8 Å². The molecule has 0 unspecified atom stereocenters. The van der Waals surface area contributed by atoms with Gasteiger partial charge in [-0.05, 0) is 49.4 Å². The van der Waals surface area contributed by atoms with Crippen LogP contribution in [-0.4, -0.2) is 5.78 Å². The lowest BCUT2D eigenvalue weighted by molar-refractivity contribution is 0.102. The maximum absolute atomic E-state index is 11.5. The van der Waals surface area contributed by atoms with Crippen molar-refractivity contribution in [1.82, 2.24) is 0 Å². The van der Waals surface area contributed by atoms with Crippen LogP contribution in [0.3, 0.4) is 0 Å². The van der Waals surface area contributed by atoms with Gasteiger partial charge >= 0.3 is 0 Å². The van der Waals surface area contributed by atoms with Gasteiger partial charge in [0.15, 0.2) is 5.78 Å². The number of fused-ring (bicyclic) bond motifs is 3. The van der Waals surface area contributed by atoms with Gasteiger partial charge in [-0.25, -0.2) is 0 Å². The minimum Gasteiger partial charge on any atom is -0.294 e. The quantitative estimate of drug-likeness (QED) is 0.690. The van der Waals surface area contributed by atoms with E-state index in [1.54, 1.807) is 18.3 Å². The summed E-state index contributed by atoms with van der Waals surface area (Å²) >= 11 is 1.65. The number of Topliss-reactive ketones (excluding diaryl/α,β-unsaturated/α-hetero) is 1. The molecule has 2 heteroatoms. The van der Waals surface area contributed by atoms with E-state index in [0.29, 0.717) is 0 Å². The molecule has 1 heterocycles. The highest BCUT2D eigenvalue weighted by molar-refractivity contribution is 7.17. The molecular formula is C15H14OS. The van der Waals surface area contributed by atoms with Crippen molar-refractivity contribution < 1.29 is 4.79 Å². The van der Waals surface area contributed by atoms with Gasteiger partial charge in [0, 0.05) is 4.88 Å². The average Bonchev–Trinajstić information content (AvgIpc) is 2.73. The van der Waals surface area contributed by atoms with Crippen LogP contribution in [0.4, 0.5) is 0 Å². The van der Waals surface area contributed by atoms with E-state index in [2.05, 4.69) is 31.2 Å². The van der Waals surface area contributed by atoms with Gasteiger partial charge in [-0.3, -0.25) is 4.79 Å². The van der Waals surface area contributed by atoms with Gasteiger partial charge in [-0.1, -0.05) is 23.8 Å². The first-order chi connectivity index (χ1) is 8.15. The van der Waals surface area contributed by atoms with Gasteiger partial charge in [-0.2, -0.15) is 0 Å². The molecule has 1 aliphatic rings. The Morgan fingerprint density at radius 2 is 1.94 bits per heavy atom. The van der Waals surface area contributed by atoms with E-state index >= 15 is 0 Å². The Bertz CT molecular complexity index is 607. The van der Waals surface area contributed by atoms with E-state index in [1.165, 1.54) is 27.1 Å². The first-order valence-electron chi connectivity index (χ1n) is 5.88. The van der Waals surface area contributed by atoms with Crippen molar-refractivity contribution >= 4 is 17.1 Å². The molecule has 2 aromatic rings. The van der Waals surface area contributed by atoms with Gasteiger partial charge in [0.2, 0.25) is 0 Å². The molecule has 0 fully saturated rings. The van der Waals surface area contributed by atoms with Crippen molar-refractivity contribution in [1.29, 1.82) is 0 Å². The van der Waals surface area contributed by atoms with E-state index in [0.717, 1.165) is 17.7 Å². The van der Waals surface area contributed by atoms with Crippen molar-refractivity contribution in [2.24, 2.45) is 0 Å². The van der Waals surface area contributed by atoms with E-state index in [9.17, 15) is 4.79 Å². The third-order valence-corrected chi connectivity index (χ3v) is 4.64. The van der Waals surface area contributed by atoms with E-state index < -0.39 is 0 Å². The molecule has 1 aromatic carbocycles. The Morgan fingerprint density at radius 1 is 1.18 bits per heavy atom. The highest BCUT2D eigenvalue weighted by Crippen LogP contribution is 2.40. The highest BCUT2D eigenvalue weighted by Gasteiger charge is 2.20. The Kier molecular flexibility index (Phi) is 2.40. The molecule has 0 radical (unpaired) electrons. The fraction of sp³-hybridized carbons (Fsp3) is 0.267. The summed E-state index contributed by atoms with van der Waals surface area (Å²) in [7, 11) is 0. The van der Waals surface area contributed by atoms with Gasteiger partial charge in [0.25, 0.3) is 0 Å². The number of hydrogen-bond donors (Lipinski definition) is 0. The standard InChI is InChI=1S/C15H14OS/c1-9-3-4-11-5-6-12-8-14(10(2)16)17-15(12)13(11)7-9/h3-4,7-8H,5-6H2,1-2H3. The molecule has 1 aromatic heterocycles. The lowest BCUT2D eigenvalue weighted by Crippen LogP contribution is -2.00. The van der Waals surface area contributed by atoms with Crippen LogP contribution in [0.5, 0.6) is 0 Å². The lowest BCUT2D eigenvalue weighted by Gasteiger charge is -2.16. The van der Waals surface area contributed by atoms with Crippen LogP contribution in [0, 0.1) is 6.92 Å². The highest BCUT2D eigenvalue weighted by atomic mass is 32.1. The Balaban J connectivity index is 2.21. The van der Waals surface area contributed by atoms with Gasteiger partial charge < -0.3 is 0 Å². The van der Waals surface area contributed by atoms with Crippen LogP contribution in [0.1, 0.15) is 33.3 Å². The lowest BCUT2D eigenvalue weighted by atomic mass is 9.90. The Labute approximate surface area is 105 Å². The molecule has 0 aliphatic heterocycles. The summed E-state index contributed by atoms with van der Waals surface area (Å²) in [6, 6.07) is 8.71. The molecule has 3 rings (SSSR count). The number of carbonyl (C=O) groups is 1.